The second-order valence-corrected chi connectivity index (χ2v) is 5.32. The van der Waals surface area contributed by atoms with E-state index in [1.165, 1.54) is 25.7 Å². The Kier molecular flexibility index (Phi) is 3.01. The van der Waals surface area contributed by atoms with Crippen LogP contribution in [0.3, 0.4) is 0 Å². The molecule has 1 amide bonds. The molecule has 0 aromatic rings. The van der Waals surface area contributed by atoms with E-state index >= 15 is 0 Å². The Labute approximate surface area is 91.8 Å². The molecule has 3 heteroatoms. The Morgan fingerprint density at radius 1 is 1.33 bits per heavy atom. The third-order valence-corrected chi connectivity index (χ3v) is 4.16. The lowest BCUT2D eigenvalue weighted by Gasteiger charge is -2.37. The maximum absolute atomic E-state index is 11.9. The van der Waals surface area contributed by atoms with Crippen molar-refractivity contribution in [1.29, 1.82) is 0 Å². The van der Waals surface area contributed by atoms with Crippen LogP contribution in [0.15, 0.2) is 0 Å². The van der Waals surface area contributed by atoms with Crippen molar-refractivity contribution in [2.75, 3.05) is 0 Å². The maximum atomic E-state index is 11.9. The van der Waals surface area contributed by atoms with E-state index in [9.17, 15) is 4.79 Å². The van der Waals surface area contributed by atoms with E-state index < -0.39 is 5.54 Å². The topological polar surface area (TPSA) is 55.1 Å². The molecule has 0 aliphatic heterocycles. The Hall–Kier alpha value is -0.570. The van der Waals surface area contributed by atoms with Crippen LogP contribution in [0.5, 0.6) is 0 Å². The van der Waals surface area contributed by atoms with Gasteiger partial charge in [-0.3, -0.25) is 4.79 Å². The first-order valence-corrected chi connectivity index (χ1v) is 6.22. The van der Waals surface area contributed by atoms with Gasteiger partial charge in [0.25, 0.3) is 0 Å². The summed E-state index contributed by atoms with van der Waals surface area (Å²) >= 11 is 0. The van der Waals surface area contributed by atoms with Crippen LogP contribution >= 0.6 is 0 Å². The largest absolute Gasteiger partial charge is 0.352 e. The summed E-state index contributed by atoms with van der Waals surface area (Å²) in [4.78, 5) is 11.9. The first-order chi connectivity index (χ1) is 7.12. The van der Waals surface area contributed by atoms with E-state index in [2.05, 4.69) is 12.2 Å². The van der Waals surface area contributed by atoms with Crippen molar-refractivity contribution in [1.82, 2.24) is 5.32 Å². The minimum atomic E-state index is -0.535. The normalized spacial score (nSPS) is 27.1. The van der Waals surface area contributed by atoms with Crippen LogP contribution in [0.4, 0.5) is 0 Å². The molecular formula is C12H22N2O. The second-order valence-electron chi connectivity index (χ2n) is 5.32. The van der Waals surface area contributed by atoms with Crippen LogP contribution in [-0.2, 0) is 4.79 Å². The SMILES string of the molecule is CC(NC(=O)C1(N)CCC1)C1CCCC1. The van der Waals surface area contributed by atoms with Crippen molar-refractivity contribution < 1.29 is 4.79 Å². The number of nitrogens with two attached hydrogens (primary N) is 1. The third-order valence-electron chi connectivity index (χ3n) is 4.16. The van der Waals surface area contributed by atoms with Gasteiger partial charge in [0, 0.05) is 6.04 Å². The molecule has 0 heterocycles. The van der Waals surface area contributed by atoms with Crippen molar-refractivity contribution >= 4 is 5.91 Å². The van der Waals surface area contributed by atoms with Crippen molar-refractivity contribution in [2.24, 2.45) is 11.7 Å². The number of amides is 1. The van der Waals surface area contributed by atoms with E-state index in [1.807, 2.05) is 0 Å². The van der Waals surface area contributed by atoms with Gasteiger partial charge in [0.05, 0.1) is 5.54 Å². The van der Waals surface area contributed by atoms with Crippen molar-refractivity contribution in [2.45, 2.75) is 63.5 Å². The zero-order valence-electron chi connectivity index (χ0n) is 9.59. The molecular weight excluding hydrogens is 188 g/mol. The predicted molar refractivity (Wildman–Crippen MR) is 60.3 cm³/mol. The summed E-state index contributed by atoms with van der Waals surface area (Å²) in [5.41, 5.74) is 5.45. The van der Waals surface area contributed by atoms with Crippen LogP contribution in [0.2, 0.25) is 0 Å². The molecule has 2 fully saturated rings. The molecule has 0 aromatic carbocycles. The van der Waals surface area contributed by atoms with Crippen LogP contribution in [0.1, 0.15) is 51.9 Å². The highest BCUT2D eigenvalue weighted by molar-refractivity contribution is 5.87. The quantitative estimate of drug-likeness (QED) is 0.742. The zero-order valence-corrected chi connectivity index (χ0v) is 9.59. The summed E-state index contributed by atoms with van der Waals surface area (Å²) in [6.07, 6.45) is 7.98. The molecule has 1 atom stereocenters. The average molecular weight is 210 g/mol. The highest BCUT2D eigenvalue weighted by Crippen LogP contribution is 2.31. The number of hydrogen-bond donors (Lipinski definition) is 2. The smallest absolute Gasteiger partial charge is 0.240 e. The molecule has 0 bridgehead atoms. The molecule has 2 rings (SSSR count). The summed E-state index contributed by atoms with van der Waals surface area (Å²) in [5.74, 6) is 0.755. The number of hydrogen-bond acceptors (Lipinski definition) is 2. The van der Waals surface area contributed by atoms with Crippen LogP contribution < -0.4 is 11.1 Å². The lowest BCUT2D eigenvalue weighted by atomic mass is 9.76. The van der Waals surface area contributed by atoms with Crippen LogP contribution in [0.25, 0.3) is 0 Å². The monoisotopic (exact) mass is 210 g/mol. The fourth-order valence-corrected chi connectivity index (χ4v) is 2.71. The fourth-order valence-electron chi connectivity index (χ4n) is 2.71. The maximum Gasteiger partial charge on any atom is 0.240 e. The molecule has 2 saturated carbocycles. The standard InChI is InChI=1S/C12H22N2O/c1-9(10-5-2-3-6-10)14-11(15)12(13)7-4-8-12/h9-10H,2-8,13H2,1H3,(H,14,15). The number of nitrogens with one attached hydrogen (secondary N) is 1. The molecule has 0 radical (unpaired) electrons. The molecule has 15 heavy (non-hydrogen) atoms. The lowest BCUT2D eigenvalue weighted by Crippen LogP contribution is -2.60. The first kappa shape index (κ1) is 10.9. The van der Waals surface area contributed by atoms with Gasteiger partial charge in [-0.25, -0.2) is 0 Å². The Morgan fingerprint density at radius 2 is 1.93 bits per heavy atom. The summed E-state index contributed by atoms with van der Waals surface area (Å²) in [6, 6.07) is 0.307. The third kappa shape index (κ3) is 2.17. The van der Waals surface area contributed by atoms with Gasteiger partial charge in [0.2, 0.25) is 5.91 Å². The van der Waals surface area contributed by atoms with Gasteiger partial charge >= 0.3 is 0 Å². The number of carbonyl (C=O) groups is 1. The zero-order chi connectivity index (χ0) is 10.9. The van der Waals surface area contributed by atoms with Gasteiger partial charge in [0.15, 0.2) is 0 Å². The number of rotatable bonds is 3. The Morgan fingerprint density at radius 3 is 2.40 bits per heavy atom. The minimum Gasteiger partial charge on any atom is -0.352 e. The van der Waals surface area contributed by atoms with E-state index in [1.54, 1.807) is 0 Å². The van der Waals surface area contributed by atoms with E-state index in [0.29, 0.717) is 12.0 Å². The van der Waals surface area contributed by atoms with E-state index in [-0.39, 0.29) is 5.91 Å². The molecule has 3 nitrogen and oxygen atoms in total. The van der Waals surface area contributed by atoms with Crippen LogP contribution in [-0.4, -0.2) is 17.5 Å². The molecule has 2 aliphatic carbocycles. The summed E-state index contributed by atoms with van der Waals surface area (Å²) in [5, 5.41) is 3.10. The van der Waals surface area contributed by atoms with Crippen molar-refractivity contribution in [3.05, 3.63) is 0 Å². The average Bonchev–Trinajstić information content (AvgIpc) is 2.66. The van der Waals surface area contributed by atoms with Crippen molar-refractivity contribution in [3.8, 4) is 0 Å². The Balaban J connectivity index is 1.82. The van der Waals surface area contributed by atoms with Gasteiger partial charge in [-0.15, -0.1) is 0 Å². The summed E-state index contributed by atoms with van der Waals surface area (Å²) < 4.78 is 0. The minimum absolute atomic E-state index is 0.0770. The molecule has 0 saturated heterocycles. The van der Waals surface area contributed by atoms with Gasteiger partial charge in [-0.05, 0) is 44.9 Å². The van der Waals surface area contributed by atoms with Crippen LogP contribution in [0, 0.1) is 5.92 Å². The lowest BCUT2D eigenvalue weighted by molar-refractivity contribution is -0.130. The second kappa shape index (κ2) is 4.12. The fraction of sp³-hybridized carbons (Fsp3) is 0.917. The van der Waals surface area contributed by atoms with Crippen molar-refractivity contribution in [3.63, 3.8) is 0 Å². The molecule has 2 aliphatic rings. The molecule has 86 valence electrons. The first-order valence-electron chi connectivity index (χ1n) is 6.22. The Bertz CT molecular complexity index is 242. The van der Waals surface area contributed by atoms with Gasteiger partial charge < -0.3 is 11.1 Å². The molecule has 3 N–H and O–H groups in total. The predicted octanol–water partition coefficient (Wildman–Crippen LogP) is 1.56. The highest BCUT2D eigenvalue weighted by Gasteiger charge is 2.41. The molecule has 0 aromatic heterocycles. The van der Waals surface area contributed by atoms with Gasteiger partial charge in [-0.2, -0.15) is 0 Å². The van der Waals surface area contributed by atoms with E-state index in [0.717, 1.165) is 19.3 Å². The summed E-state index contributed by atoms with van der Waals surface area (Å²) in [7, 11) is 0. The van der Waals surface area contributed by atoms with Gasteiger partial charge in [-0.1, -0.05) is 12.8 Å². The van der Waals surface area contributed by atoms with E-state index in [4.69, 9.17) is 5.73 Å². The molecule has 1 unspecified atom stereocenters. The van der Waals surface area contributed by atoms with Gasteiger partial charge in [0.1, 0.15) is 0 Å². The number of carbonyl (C=O) groups excluding carboxylic acids is 1. The highest BCUT2D eigenvalue weighted by atomic mass is 16.2. The summed E-state index contributed by atoms with van der Waals surface area (Å²) in [6.45, 7) is 2.12. The molecule has 0 spiro atoms.